The van der Waals surface area contributed by atoms with Gasteiger partial charge in [-0.05, 0) is 85.3 Å². The summed E-state index contributed by atoms with van der Waals surface area (Å²) in [6, 6.07) is 24.4. The largest absolute Gasteiger partial charge is 0.489 e. The molecule has 0 bridgehead atoms. The highest BCUT2D eigenvalue weighted by Gasteiger charge is 2.23. The van der Waals surface area contributed by atoms with Crippen LogP contribution < -0.4 is 15.6 Å². The average Bonchev–Trinajstić information content (AvgIpc) is 3.36. The van der Waals surface area contributed by atoms with Gasteiger partial charge in [-0.2, -0.15) is 0 Å². The minimum absolute atomic E-state index is 0.0966. The van der Waals surface area contributed by atoms with Crippen LogP contribution in [0.5, 0.6) is 5.75 Å². The van der Waals surface area contributed by atoms with Gasteiger partial charge in [-0.1, -0.05) is 53.7 Å². The molecule has 9 heteroatoms. The number of thiophene rings is 1. The van der Waals surface area contributed by atoms with E-state index in [1.165, 1.54) is 16.6 Å². The first-order valence-corrected chi connectivity index (χ1v) is 15.3. The second-order valence-corrected chi connectivity index (χ2v) is 12.0. The van der Waals surface area contributed by atoms with Gasteiger partial charge in [0.05, 0.1) is 16.8 Å². The van der Waals surface area contributed by atoms with Crippen molar-refractivity contribution in [2.45, 2.75) is 37.4 Å². The van der Waals surface area contributed by atoms with Crippen LogP contribution in [0.3, 0.4) is 0 Å². The number of benzene rings is 3. The third-order valence-electron chi connectivity index (χ3n) is 6.76. The Hall–Kier alpha value is -3.59. The van der Waals surface area contributed by atoms with Gasteiger partial charge in [-0.15, -0.1) is 11.3 Å². The van der Waals surface area contributed by atoms with E-state index in [9.17, 15) is 9.59 Å². The number of aryl methyl sites for hydroxylation is 2. The summed E-state index contributed by atoms with van der Waals surface area (Å²) in [6.07, 6.45) is 4.10. The highest BCUT2D eigenvalue weighted by atomic mass is 35.5. The van der Waals surface area contributed by atoms with Gasteiger partial charge in [0.2, 0.25) is 5.91 Å². The summed E-state index contributed by atoms with van der Waals surface area (Å²) in [5.74, 6) is 0.632. The molecule has 0 fully saturated rings. The Morgan fingerprint density at radius 1 is 1.00 bits per heavy atom. The van der Waals surface area contributed by atoms with Crippen LogP contribution in [0.25, 0.3) is 15.9 Å². The zero-order chi connectivity index (χ0) is 27.5. The normalized spacial score (nSPS) is 12.7. The summed E-state index contributed by atoms with van der Waals surface area (Å²) in [5.41, 5.74) is 3.47. The molecule has 1 aliphatic rings. The lowest BCUT2D eigenvalue weighted by Crippen LogP contribution is -2.23. The third-order valence-corrected chi connectivity index (χ3v) is 9.14. The van der Waals surface area contributed by atoms with Crippen molar-refractivity contribution in [3.05, 3.63) is 110 Å². The molecule has 5 aromatic rings. The molecule has 0 unspecified atom stereocenters. The Morgan fingerprint density at radius 3 is 2.52 bits per heavy atom. The summed E-state index contributed by atoms with van der Waals surface area (Å²) in [6.45, 7) is 0.475. The molecule has 2 heterocycles. The molecule has 0 saturated carbocycles. The third kappa shape index (κ3) is 5.80. The molecule has 1 aliphatic carbocycles. The van der Waals surface area contributed by atoms with Crippen LogP contribution >= 0.6 is 34.7 Å². The van der Waals surface area contributed by atoms with Gasteiger partial charge in [0.15, 0.2) is 5.16 Å². The Labute approximate surface area is 245 Å². The lowest BCUT2D eigenvalue weighted by molar-refractivity contribution is -0.113. The highest BCUT2D eigenvalue weighted by molar-refractivity contribution is 7.99. The molecule has 0 saturated heterocycles. The predicted molar refractivity (Wildman–Crippen MR) is 163 cm³/mol. The summed E-state index contributed by atoms with van der Waals surface area (Å²) in [4.78, 5) is 33.6. The molecule has 0 atom stereocenters. The highest BCUT2D eigenvalue weighted by Crippen LogP contribution is 2.35. The predicted octanol–water partition coefficient (Wildman–Crippen LogP) is 7.29. The van der Waals surface area contributed by atoms with E-state index in [2.05, 4.69) is 5.32 Å². The molecule has 2 aromatic heterocycles. The molecule has 0 radical (unpaired) electrons. The van der Waals surface area contributed by atoms with E-state index in [0.29, 0.717) is 33.5 Å². The van der Waals surface area contributed by atoms with Crippen molar-refractivity contribution >= 4 is 56.5 Å². The number of carbonyl (C=O) groups excluding carboxylic acids is 1. The van der Waals surface area contributed by atoms with Crippen LogP contribution in [0.2, 0.25) is 5.02 Å². The van der Waals surface area contributed by atoms with Crippen LogP contribution in [0.4, 0.5) is 5.69 Å². The maximum Gasteiger partial charge on any atom is 0.267 e. The number of anilines is 1. The van der Waals surface area contributed by atoms with Crippen molar-refractivity contribution in [3.63, 3.8) is 0 Å². The van der Waals surface area contributed by atoms with Crippen molar-refractivity contribution in [1.82, 2.24) is 9.55 Å². The smallest absolute Gasteiger partial charge is 0.267 e. The number of carbonyl (C=O) groups is 1. The van der Waals surface area contributed by atoms with Gasteiger partial charge in [0.25, 0.3) is 5.56 Å². The second kappa shape index (κ2) is 11.9. The number of rotatable bonds is 8. The van der Waals surface area contributed by atoms with Gasteiger partial charge in [-0.3, -0.25) is 14.2 Å². The van der Waals surface area contributed by atoms with Crippen LogP contribution in [-0.2, 0) is 24.2 Å². The van der Waals surface area contributed by atoms with Crippen LogP contribution in [0.1, 0.15) is 28.8 Å². The van der Waals surface area contributed by atoms with E-state index in [1.807, 2.05) is 66.7 Å². The fourth-order valence-corrected chi connectivity index (χ4v) is 7.04. The van der Waals surface area contributed by atoms with Gasteiger partial charge < -0.3 is 10.1 Å². The minimum atomic E-state index is -0.189. The van der Waals surface area contributed by atoms with Crippen molar-refractivity contribution in [3.8, 4) is 11.4 Å². The van der Waals surface area contributed by atoms with E-state index >= 15 is 0 Å². The van der Waals surface area contributed by atoms with Gasteiger partial charge >= 0.3 is 0 Å². The summed E-state index contributed by atoms with van der Waals surface area (Å²) in [7, 11) is 0. The number of amides is 1. The van der Waals surface area contributed by atoms with Gasteiger partial charge in [0, 0.05) is 15.6 Å². The number of thioether (sulfide) groups is 1. The molecule has 202 valence electrons. The first-order valence-electron chi connectivity index (χ1n) is 13.1. The van der Waals surface area contributed by atoms with E-state index in [-0.39, 0.29) is 17.2 Å². The molecule has 3 aromatic carbocycles. The van der Waals surface area contributed by atoms with Crippen molar-refractivity contribution < 1.29 is 9.53 Å². The number of nitrogens with zero attached hydrogens (tertiary/aromatic N) is 2. The summed E-state index contributed by atoms with van der Waals surface area (Å²) >= 11 is 8.97. The summed E-state index contributed by atoms with van der Waals surface area (Å²) < 4.78 is 7.44. The number of ether oxygens (including phenoxy) is 1. The van der Waals surface area contributed by atoms with E-state index in [1.54, 1.807) is 28.0 Å². The molecule has 6 rings (SSSR count). The molecule has 1 N–H and O–H groups in total. The quantitative estimate of drug-likeness (QED) is 0.152. The van der Waals surface area contributed by atoms with Crippen molar-refractivity contribution in [1.29, 1.82) is 0 Å². The molecular weight excluding hydrogens is 562 g/mol. The molecule has 0 aliphatic heterocycles. The molecule has 6 nitrogen and oxygen atoms in total. The molecular formula is C31H26ClN3O3S2. The molecule has 0 spiro atoms. The Balaban J connectivity index is 1.19. The minimum Gasteiger partial charge on any atom is -0.489 e. The number of hydrogen-bond donors (Lipinski definition) is 1. The number of aromatic nitrogens is 2. The maximum absolute atomic E-state index is 13.9. The number of nitrogens with one attached hydrogen (secondary N) is 1. The molecule has 1 amide bonds. The standard InChI is InChI=1S/C31H26ClN3O3S2/c32-21-10-14-23(15-11-21)35-30(37)28-25-8-4-5-9-26(25)40-29(28)34-31(35)39-19-27(36)33-22-12-16-24(17-13-22)38-18-20-6-2-1-3-7-20/h1-3,6-7,10-17H,4-5,8-9,18-19H2,(H,33,36). The van der Waals surface area contributed by atoms with Gasteiger partial charge in [0.1, 0.15) is 17.2 Å². The van der Waals surface area contributed by atoms with Gasteiger partial charge in [-0.25, -0.2) is 4.98 Å². The lowest BCUT2D eigenvalue weighted by Gasteiger charge is -2.14. The Bertz CT molecular complexity index is 1720. The van der Waals surface area contributed by atoms with Crippen molar-refractivity contribution in [2.24, 2.45) is 0 Å². The monoisotopic (exact) mass is 587 g/mol. The lowest BCUT2D eigenvalue weighted by atomic mass is 9.97. The summed E-state index contributed by atoms with van der Waals surface area (Å²) in [5, 5.41) is 4.70. The van der Waals surface area contributed by atoms with E-state index in [4.69, 9.17) is 21.3 Å². The maximum atomic E-state index is 13.9. The zero-order valence-electron chi connectivity index (χ0n) is 21.6. The number of fused-ring (bicyclic) bond motifs is 3. The number of halogens is 1. The average molecular weight is 588 g/mol. The fourth-order valence-electron chi connectivity index (χ4n) is 4.80. The first-order chi connectivity index (χ1) is 19.5. The van der Waals surface area contributed by atoms with Crippen LogP contribution in [0.15, 0.2) is 88.8 Å². The SMILES string of the molecule is O=C(CSc1nc2sc3c(c2c(=O)n1-c1ccc(Cl)cc1)CCCC3)Nc1ccc(OCc2ccccc2)cc1. The fraction of sp³-hybridized carbons (Fsp3) is 0.194. The van der Waals surface area contributed by atoms with Crippen LogP contribution in [0, 0.1) is 0 Å². The topological polar surface area (TPSA) is 73.2 Å². The zero-order valence-corrected chi connectivity index (χ0v) is 24.0. The van der Waals surface area contributed by atoms with E-state index < -0.39 is 0 Å². The molecule has 40 heavy (non-hydrogen) atoms. The first kappa shape index (κ1) is 26.6. The number of hydrogen-bond acceptors (Lipinski definition) is 6. The van der Waals surface area contributed by atoms with Crippen molar-refractivity contribution in [2.75, 3.05) is 11.1 Å². The van der Waals surface area contributed by atoms with Crippen LogP contribution in [-0.4, -0.2) is 21.2 Å². The Morgan fingerprint density at radius 2 is 1.75 bits per heavy atom. The Kier molecular flexibility index (Phi) is 7.91. The van der Waals surface area contributed by atoms with E-state index in [0.717, 1.165) is 47.4 Å². The second-order valence-electron chi connectivity index (χ2n) is 9.54.